The molecule has 0 radical (unpaired) electrons. The molecule has 0 aliphatic carbocycles. The van der Waals surface area contributed by atoms with Crippen LogP contribution in [0.15, 0.2) is 47.4 Å². The summed E-state index contributed by atoms with van der Waals surface area (Å²) in [4.78, 5) is 0.278. The van der Waals surface area contributed by atoms with Crippen LogP contribution in [-0.2, 0) is 23.1 Å². The number of fused-ring (bicyclic) bond motifs is 1. The second kappa shape index (κ2) is 5.38. The number of hydrogen-bond donors (Lipinski definition) is 2. The number of rotatable bonds is 4. The lowest BCUT2D eigenvalue weighted by atomic mass is 10.1. The van der Waals surface area contributed by atoms with Crippen LogP contribution in [0.2, 0.25) is 0 Å². The second-order valence-corrected chi connectivity index (χ2v) is 6.55. The SMILES string of the molecule is COc1ccc(NS(=O)(=O)c2ccc3c(c2)CNC3)cc1. The molecule has 3 rings (SSSR count). The molecule has 6 heteroatoms. The minimum atomic E-state index is -3.57. The third kappa shape index (κ3) is 2.86. The van der Waals surface area contributed by atoms with Crippen LogP contribution in [0.1, 0.15) is 11.1 Å². The highest BCUT2D eigenvalue weighted by atomic mass is 32.2. The summed E-state index contributed by atoms with van der Waals surface area (Å²) in [6.45, 7) is 1.50. The molecular formula is C15H16N2O3S. The van der Waals surface area contributed by atoms with E-state index >= 15 is 0 Å². The zero-order chi connectivity index (χ0) is 14.9. The average molecular weight is 304 g/mol. The Bertz CT molecular complexity index is 755. The van der Waals surface area contributed by atoms with E-state index in [1.807, 2.05) is 6.07 Å². The highest BCUT2D eigenvalue weighted by molar-refractivity contribution is 7.92. The first kappa shape index (κ1) is 13.9. The Labute approximate surface area is 124 Å². The molecule has 21 heavy (non-hydrogen) atoms. The summed E-state index contributed by atoms with van der Waals surface area (Å²) >= 11 is 0. The van der Waals surface area contributed by atoms with E-state index in [0.29, 0.717) is 18.0 Å². The van der Waals surface area contributed by atoms with Gasteiger partial charge in [-0.2, -0.15) is 0 Å². The third-order valence-electron chi connectivity index (χ3n) is 3.46. The fourth-order valence-corrected chi connectivity index (χ4v) is 3.42. The average Bonchev–Trinajstić information content (AvgIpc) is 2.95. The first-order valence-electron chi connectivity index (χ1n) is 6.58. The molecule has 1 aliphatic heterocycles. The molecule has 110 valence electrons. The van der Waals surface area contributed by atoms with Crippen molar-refractivity contribution in [3.05, 3.63) is 53.6 Å². The number of nitrogens with one attached hydrogen (secondary N) is 2. The zero-order valence-electron chi connectivity index (χ0n) is 11.6. The van der Waals surface area contributed by atoms with Crippen LogP contribution in [0.3, 0.4) is 0 Å². The summed E-state index contributed by atoms with van der Waals surface area (Å²) in [7, 11) is -2.01. The summed E-state index contributed by atoms with van der Waals surface area (Å²) in [5, 5.41) is 3.20. The van der Waals surface area contributed by atoms with Gasteiger partial charge in [-0.25, -0.2) is 8.42 Å². The van der Waals surface area contributed by atoms with Crippen LogP contribution in [-0.4, -0.2) is 15.5 Å². The van der Waals surface area contributed by atoms with Gasteiger partial charge in [0.2, 0.25) is 0 Å². The Balaban J connectivity index is 1.86. The molecule has 0 fully saturated rings. The molecule has 2 N–H and O–H groups in total. The maximum absolute atomic E-state index is 12.4. The lowest BCUT2D eigenvalue weighted by molar-refractivity contribution is 0.415. The number of methoxy groups -OCH3 is 1. The lowest BCUT2D eigenvalue weighted by Crippen LogP contribution is -2.13. The monoisotopic (exact) mass is 304 g/mol. The molecule has 1 heterocycles. The van der Waals surface area contributed by atoms with E-state index in [-0.39, 0.29) is 4.90 Å². The number of hydrogen-bond acceptors (Lipinski definition) is 4. The minimum Gasteiger partial charge on any atom is -0.497 e. The zero-order valence-corrected chi connectivity index (χ0v) is 12.4. The van der Waals surface area contributed by atoms with E-state index in [4.69, 9.17) is 4.74 Å². The molecule has 0 bridgehead atoms. The number of anilines is 1. The highest BCUT2D eigenvalue weighted by Crippen LogP contribution is 2.23. The Hall–Kier alpha value is -2.05. The van der Waals surface area contributed by atoms with Gasteiger partial charge in [0.1, 0.15) is 5.75 Å². The van der Waals surface area contributed by atoms with Gasteiger partial charge < -0.3 is 10.1 Å². The van der Waals surface area contributed by atoms with Gasteiger partial charge in [0, 0.05) is 18.8 Å². The molecule has 2 aromatic rings. The minimum absolute atomic E-state index is 0.278. The van der Waals surface area contributed by atoms with Crippen molar-refractivity contribution in [1.82, 2.24) is 5.32 Å². The van der Waals surface area contributed by atoms with Gasteiger partial charge in [-0.3, -0.25) is 4.72 Å². The van der Waals surface area contributed by atoms with Gasteiger partial charge in [0.25, 0.3) is 10.0 Å². The number of ether oxygens (including phenoxy) is 1. The topological polar surface area (TPSA) is 67.4 Å². The van der Waals surface area contributed by atoms with Gasteiger partial charge in [0.05, 0.1) is 12.0 Å². The standard InChI is InChI=1S/C15H16N2O3S/c1-20-14-5-3-13(4-6-14)17-21(18,19)15-7-2-11-9-16-10-12(11)8-15/h2-8,16-17H,9-10H2,1H3. The maximum Gasteiger partial charge on any atom is 0.261 e. The molecule has 0 spiro atoms. The Morgan fingerprint density at radius 2 is 1.76 bits per heavy atom. The van der Waals surface area contributed by atoms with Crippen LogP contribution in [0.25, 0.3) is 0 Å². The van der Waals surface area contributed by atoms with Crippen LogP contribution in [0, 0.1) is 0 Å². The van der Waals surface area contributed by atoms with E-state index < -0.39 is 10.0 Å². The lowest BCUT2D eigenvalue weighted by Gasteiger charge is -2.10. The summed E-state index contributed by atoms with van der Waals surface area (Å²) in [6, 6.07) is 12.0. The van der Waals surface area contributed by atoms with Crippen LogP contribution < -0.4 is 14.8 Å². The molecule has 0 amide bonds. The molecule has 0 aromatic heterocycles. The van der Waals surface area contributed by atoms with E-state index in [1.165, 1.54) is 0 Å². The van der Waals surface area contributed by atoms with Crippen LogP contribution in [0.5, 0.6) is 5.75 Å². The summed E-state index contributed by atoms with van der Waals surface area (Å²) < 4.78 is 32.4. The summed E-state index contributed by atoms with van der Waals surface area (Å²) in [6.07, 6.45) is 0. The van der Waals surface area contributed by atoms with Gasteiger partial charge in [-0.1, -0.05) is 6.07 Å². The maximum atomic E-state index is 12.4. The van der Waals surface area contributed by atoms with Gasteiger partial charge >= 0.3 is 0 Å². The molecule has 0 unspecified atom stereocenters. The largest absolute Gasteiger partial charge is 0.497 e. The number of benzene rings is 2. The van der Waals surface area contributed by atoms with Crippen molar-refractivity contribution < 1.29 is 13.2 Å². The molecule has 2 aromatic carbocycles. The predicted octanol–water partition coefficient (Wildman–Crippen LogP) is 2.10. The highest BCUT2D eigenvalue weighted by Gasteiger charge is 2.18. The van der Waals surface area contributed by atoms with Crippen molar-refractivity contribution in [1.29, 1.82) is 0 Å². The fourth-order valence-electron chi connectivity index (χ4n) is 2.31. The molecule has 1 aliphatic rings. The predicted molar refractivity (Wildman–Crippen MR) is 80.8 cm³/mol. The second-order valence-electron chi connectivity index (χ2n) is 4.87. The van der Waals surface area contributed by atoms with Crippen molar-refractivity contribution in [3.8, 4) is 5.75 Å². The quantitative estimate of drug-likeness (QED) is 0.908. The van der Waals surface area contributed by atoms with E-state index in [2.05, 4.69) is 10.0 Å². The van der Waals surface area contributed by atoms with Crippen LogP contribution >= 0.6 is 0 Å². The molecule has 5 nitrogen and oxygen atoms in total. The molecule has 0 saturated heterocycles. The van der Waals surface area contributed by atoms with E-state index in [9.17, 15) is 8.42 Å². The third-order valence-corrected chi connectivity index (χ3v) is 4.84. The fraction of sp³-hybridized carbons (Fsp3) is 0.200. The van der Waals surface area contributed by atoms with Crippen molar-refractivity contribution in [3.63, 3.8) is 0 Å². The molecular weight excluding hydrogens is 288 g/mol. The van der Waals surface area contributed by atoms with E-state index in [0.717, 1.165) is 17.7 Å². The number of sulfonamides is 1. The normalized spacial score (nSPS) is 13.8. The molecule has 0 atom stereocenters. The van der Waals surface area contributed by atoms with Crippen LogP contribution in [0.4, 0.5) is 5.69 Å². The smallest absolute Gasteiger partial charge is 0.261 e. The van der Waals surface area contributed by atoms with E-state index in [1.54, 1.807) is 43.5 Å². The first-order chi connectivity index (χ1) is 10.1. The van der Waals surface area contributed by atoms with Crippen molar-refractivity contribution >= 4 is 15.7 Å². The summed E-state index contributed by atoms with van der Waals surface area (Å²) in [5.74, 6) is 0.682. The Morgan fingerprint density at radius 3 is 2.48 bits per heavy atom. The Morgan fingerprint density at radius 1 is 1.05 bits per heavy atom. The van der Waals surface area contributed by atoms with Gasteiger partial charge in [-0.15, -0.1) is 0 Å². The van der Waals surface area contributed by atoms with Gasteiger partial charge in [0.15, 0.2) is 0 Å². The summed E-state index contributed by atoms with van der Waals surface area (Å²) in [5.41, 5.74) is 2.69. The first-order valence-corrected chi connectivity index (χ1v) is 8.06. The van der Waals surface area contributed by atoms with Crippen molar-refractivity contribution in [2.75, 3.05) is 11.8 Å². The van der Waals surface area contributed by atoms with Crippen molar-refractivity contribution in [2.45, 2.75) is 18.0 Å². The van der Waals surface area contributed by atoms with Crippen molar-refractivity contribution in [2.24, 2.45) is 0 Å². The molecule has 0 saturated carbocycles. The Kier molecular flexibility index (Phi) is 3.57. The van der Waals surface area contributed by atoms with Gasteiger partial charge in [-0.05, 0) is 47.5 Å².